The van der Waals surface area contributed by atoms with Gasteiger partial charge in [0.25, 0.3) is 5.91 Å². The smallest absolute Gasteiger partial charge is 0.261 e. The second-order valence-corrected chi connectivity index (χ2v) is 8.81. The van der Waals surface area contributed by atoms with Crippen molar-refractivity contribution in [2.24, 2.45) is 0 Å². The predicted octanol–water partition coefficient (Wildman–Crippen LogP) is 4.29. The molecule has 1 amide bonds. The molecule has 1 fully saturated rings. The molecule has 0 atom stereocenters. The molecule has 0 unspecified atom stereocenters. The zero-order valence-electron chi connectivity index (χ0n) is 18.0. The van der Waals surface area contributed by atoms with E-state index >= 15 is 0 Å². The first-order valence-electron chi connectivity index (χ1n) is 10.0. The fourth-order valence-corrected chi connectivity index (χ4v) is 4.46. The van der Waals surface area contributed by atoms with Gasteiger partial charge in [0, 0.05) is 22.7 Å². The van der Waals surface area contributed by atoms with Crippen molar-refractivity contribution in [3.05, 3.63) is 36.4 Å². The molecule has 29 heavy (non-hydrogen) atoms. The average molecular weight is 398 g/mol. The molecule has 1 aromatic heterocycles. The zero-order valence-corrected chi connectivity index (χ0v) is 18.0. The molecule has 1 aromatic carbocycles. The number of benzene rings is 1. The van der Waals surface area contributed by atoms with Crippen LogP contribution in [-0.2, 0) is 4.79 Å². The lowest BCUT2D eigenvalue weighted by Crippen LogP contribution is -2.61. The summed E-state index contributed by atoms with van der Waals surface area (Å²) in [6.07, 6.45) is 3.12. The molecule has 3 rings (SSSR count). The van der Waals surface area contributed by atoms with Crippen molar-refractivity contribution < 1.29 is 14.3 Å². The van der Waals surface area contributed by atoms with Crippen molar-refractivity contribution in [1.82, 2.24) is 9.88 Å². The average Bonchev–Trinajstić information content (AvgIpc) is 2.64. The number of nitrogens with zero attached hydrogens (tertiary/aromatic N) is 2. The molecule has 0 radical (unpaired) electrons. The number of nitrogens with two attached hydrogens (primary N) is 1. The zero-order chi connectivity index (χ0) is 21.2. The second-order valence-electron chi connectivity index (χ2n) is 8.81. The van der Waals surface area contributed by atoms with Crippen LogP contribution >= 0.6 is 0 Å². The Labute approximate surface area is 173 Å². The van der Waals surface area contributed by atoms with E-state index in [0.29, 0.717) is 17.3 Å². The lowest BCUT2D eigenvalue weighted by Gasteiger charge is -2.52. The second kappa shape index (κ2) is 7.93. The first-order valence-corrected chi connectivity index (χ1v) is 10.0. The van der Waals surface area contributed by atoms with Crippen LogP contribution in [0.5, 0.6) is 11.5 Å². The standard InChI is InChI=1S/C23H31N3O3/c1-22(2)12-7-13-23(3,4)26(22)21(27)15-29-16-10-11-17(19(14-16)28-5)18-8-6-9-20(24)25-18/h6,8-11,14H,7,12-13,15H2,1-5H3,(H2,24,25). The van der Waals surface area contributed by atoms with E-state index in [0.717, 1.165) is 30.5 Å². The highest BCUT2D eigenvalue weighted by Gasteiger charge is 2.44. The van der Waals surface area contributed by atoms with Gasteiger partial charge in [0.2, 0.25) is 0 Å². The van der Waals surface area contributed by atoms with Crippen LogP contribution in [0.25, 0.3) is 11.3 Å². The van der Waals surface area contributed by atoms with Gasteiger partial charge in [0.05, 0.1) is 12.8 Å². The van der Waals surface area contributed by atoms with Gasteiger partial charge in [-0.2, -0.15) is 0 Å². The molecule has 6 heteroatoms. The quantitative estimate of drug-likeness (QED) is 0.814. The monoisotopic (exact) mass is 397 g/mol. The van der Waals surface area contributed by atoms with E-state index in [4.69, 9.17) is 15.2 Å². The van der Waals surface area contributed by atoms with Crippen LogP contribution in [0.4, 0.5) is 5.82 Å². The van der Waals surface area contributed by atoms with Crippen molar-refractivity contribution in [2.45, 2.75) is 58.0 Å². The Morgan fingerprint density at radius 3 is 2.45 bits per heavy atom. The number of anilines is 1. The number of hydrogen-bond acceptors (Lipinski definition) is 5. The summed E-state index contributed by atoms with van der Waals surface area (Å²) in [6, 6.07) is 10.9. The lowest BCUT2D eigenvalue weighted by atomic mass is 9.80. The Balaban J connectivity index is 1.76. The Morgan fingerprint density at radius 1 is 1.14 bits per heavy atom. The SMILES string of the molecule is COc1cc(OCC(=O)N2C(C)(C)CCCC2(C)C)ccc1-c1cccc(N)n1. The lowest BCUT2D eigenvalue weighted by molar-refractivity contribution is -0.151. The van der Waals surface area contributed by atoms with Gasteiger partial charge in [0.1, 0.15) is 17.3 Å². The third-order valence-electron chi connectivity index (χ3n) is 5.62. The number of nitrogen functional groups attached to an aromatic ring is 1. The maximum Gasteiger partial charge on any atom is 0.261 e. The number of likely N-dealkylation sites (tertiary alicyclic amines) is 1. The summed E-state index contributed by atoms with van der Waals surface area (Å²) in [4.78, 5) is 19.4. The van der Waals surface area contributed by atoms with Gasteiger partial charge in [-0.1, -0.05) is 6.07 Å². The maximum absolute atomic E-state index is 13.0. The van der Waals surface area contributed by atoms with E-state index in [1.54, 1.807) is 19.2 Å². The number of rotatable bonds is 5. The van der Waals surface area contributed by atoms with E-state index < -0.39 is 0 Å². The number of amides is 1. The minimum absolute atomic E-state index is 0.000225. The van der Waals surface area contributed by atoms with Crippen LogP contribution in [-0.4, -0.2) is 40.6 Å². The summed E-state index contributed by atoms with van der Waals surface area (Å²) in [5, 5.41) is 0. The van der Waals surface area contributed by atoms with Crippen molar-refractivity contribution in [3.63, 3.8) is 0 Å². The summed E-state index contributed by atoms with van der Waals surface area (Å²) < 4.78 is 11.4. The number of hydrogen-bond donors (Lipinski definition) is 1. The normalized spacial score (nSPS) is 17.6. The van der Waals surface area contributed by atoms with Crippen LogP contribution in [0.3, 0.4) is 0 Å². The highest BCUT2D eigenvalue weighted by Crippen LogP contribution is 2.38. The summed E-state index contributed by atoms with van der Waals surface area (Å²) >= 11 is 0. The number of carbonyl (C=O) groups excluding carboxylic acids is 1. The molecule has 1 saturated heterocycles. The number of aromatic nitrogens is 1. The molecule has 0 bridgehead atoms. The highest BCUT2D eigenvalue weighted by atomic mass is 16.5. The fourth-order valence-electron chi connectivity index (χ4n) is 4.46. The first-order chi connectivity index (χ1) is 13.6. The molecule has 0 saturated carbocycles. The van der Waals surface area contributed by atoms with Crippen molar-refractivity contribution in [3.8, 4) is 22.8 Å². The Bertz CT molecular complexity index is 877. The third-order valence-corrected chi connectivity index (χ3v) is 5.62. The van der Waals surface area contributed by atoms with Crippen LogP contribution < -0.4 is 15.2 Å². The van der Waals surface area contributed by atoms with E-state index in [1.807, 2.05) is 29.2 Å². The first kappa shape index (κ1) is 21.0. The van der Waals surface area contributed by atoms with E-state index in [-0.39, 0.29) is 23.6 Å². The van der Waals surface area contributed by atoms with Crippen LogP contribution in [0.2, 0.25) is 0 Å². The Hall–Kier alpha value is -2.76. The van der Waals surface area contributed by atoms with Gasteiger partial charge in [-0.05, 0) is 71.2 Å². The van der Waals surface area contributed by atoms with Gasteiger partial charge in [-0.25, -0.2) is 4.98 Å². The van der Waals surface area contributed by atoms with Crippen LogP contribution in [0.1, 0.15) is 47.0 Å². The van der Waals surface area contributed by atoms with Crippen molar-refractivity contribution in [2.75, 3.05) is 19.5 Å². The summed E-state index contributed by atoms with van der Waals surface area (Å²) in [6.45, 7) is 8.50. The minimum atomic E-state index is -0.178. The largest absolute Gasteiger partial charge is 0.496 e. The molecule has 2 aromatic rings. The third kappa shape index (κ3) is 4.47. The molecule has 6 nitrogen and oxygen atoms in total. The summed E-state index contributed by atoms with van der Waals surface area (Å²) in [5.74, 6) is 1.64. The van der Waals surface area contributed by atoms with Gasteiger partial charge in [0.15, 0.2) is 6.61 Å². The molecular formula is C23H31N3O3. The van der Waals surface area contributed by atoms with Gasteiger partial charge < -0.3 is 20.1 Å². The van der Waals surface area contributed by atoms with E-state index in [2.05, 4.69) is 32.7 Å². The number of methoxy groups -OCH3 is 1. The van der Waals surface area contributed by atoms with Gasteiger partial charge in [-0.15, -0.1) is 0 Å². The fraction of sp³-hybridized carbons (Fsp3) is 0.478. The predicted molar refractivity (Wildman–Crippen MR) is 115 cm³/mol. The molecule has 156 valence electrons. The van der Waals surface area contributed by atoms with Crippen LogP contribution in [0, 0.1) is 0 Å². The molecule has 0 aliphatic carbocycles. The van der Waals surface area contributed by atoms with Crippen molar-refractivity contribution in [1.29, 1.82) is 0 Å². The maximum atomic E-state index is 13.0. The number of carbonyl (C=O) groups is 1. The van der Waals surface area contributed by atoms with Gasteiger partial charge in [-0.3, -0.25) is 4.79 Å². The molecule has 1 aliphatic rings. The summed E-state index contributed by atoms with van der Waals surface area (Å²) in [5.41, 5.74) is 6.98. The molecule has 0 spiro atoms. The molecule has 2 heterocycles. The van der Waals surface area contributed by atoms with E-state index in [1.165, 1.54) is 0 Å². The topological polar surface area (TPSA) is 77.7 Å². The number of piperidine rings is 1. The van der Waals surface area contributed by atoms with Crippen LogP contribution in [0.15, 0.2) is 36.4 Å². The molecule has 2 N–H and O–H groups in total. The van der Waals surface area contributed by atoms with Crippen molar-refractivity contribution >= 4 is 11.7 Å². The highest BCUT2D eigenvalue weighted by molar-refractivity contribution is 5.79. The molecule has 1 aliphatic heterocycles. The number of pyridine rings is 1. The number of ether oxygens (including phenoxy) is 2. The summed E-state index contributed by atoms with van der Waals surface area (Å²) in [7, 11) is 1.60. The van der Waals surface area contributed by atoms with Gasteiger partial charge >= 0.3 is 0 Å². The van der Waals surface area contributed by atoms with E-state index in [9.17, 15) is 4.79 Å². The Morgan fingerprint density at radius 2 is 1.83 bits per heavy atom. The Kier molecular flexibility index (Phi) is 5.73. The molecular weight excluding hydrogens is 366 g/mol. The minimum Gasteiger partial charge on any atom is -0.496 e.